The van der Waals surface area contributed by atoms with E-state index in [2.05, 4.69) is 20.2 Å². The molecule has 6 nitrogen and oxygen atoms in total. The van der Waals surface area contributed by atoms with E-state index in [0.717, 1.165) is 43.0 Å². The summed E-state index contributed by atoms with van der Waals surface area (Å²) in [5.41, 5.74) is 6.68. The topological polar surface area (TPSA) is 72.0 Å². The van der Waals surface area contributed by atoms with E-state index < -0.39 is 0 Å². The Bertz CT molecular complexity index is 540. The summed E-state index contributed by atoms with van der Waals surface area (Å²) in [4.78, 5) is 10.9. The second kappa shape index (κ2) is 3.89. The molecule has 1 aliphatic rings. The van der Waals surface area contributed by atoms with Crippen LogP contribution in [0.2, 0.25) is 0 Å². The van der Waals surface area contributed by atoms with Crippen molar-refractivity contribution in [2.75, 3.05) is 36.8 Å². The van der Waals surface area contributed by atoms with Gasteiger partial charge in [-0.15, -0.1) is 0 Å². The zero-order valence-electron chi connectivity index (χ0n) is 9.85. The minimum absolute atomic E-state index is 0.341. The van der Waals surface area contributed by atoms with Crippen LogP contribution in [-0.2, 0) is 7.05 Å². The van der Waals surface area contributed by atoms with Crippen LogP contribution in [0.15, 0.2) is 12.3 Å². The highest BCUT2D eigenvalue weighted by Crippen LogP contribution is 2.25. The highest BCUT2D eigenvalue weighted by atomic mass is 15.3. The summed E-state index contributed by atoms with van der Waals surface area (Å²) >= 11 is 0. The lowest BCUT2D eigenvalue weighted by molar-refractivity contribution is 0.586. The Morgan fingerprint density at radius 2 is 2.06 bits per heavy atom. The summed E-state index contributed by atoms with van der Waals surface area (Å²) < 4.78 is 1.97. The third kappa shape index (κ3) is 1.70. The number of hydrogen-bond donors (Lipinski definition) is 2. The molecule has 0 radical (unpaired) electrons. The van der Waals surface area contributed by atoms with Gasteiger partial charge in [0, 0.05) is 39.4 Å². The van der Waals surface area contributed by atoms with E-state index in [9.17, 15) is 0 Å². The Labute approximate surface area is 99.4 Å². The van der Waals surface area contributed by atoms with Crippen molar-refractivity contribution in [3.05, 3.63) is 12.3 Å². The van der Waals surface area contributed by atoms with Gasteiger partial charge in [-0.25, -0.2) is 0 Å². The number of hydrogen-bond acceptors (Lipinski definition) is 5. The molecule has 0 saturated carbocycles. The molecule has 0 aliphatic carbocycles. The van der Waals surface area contributed by atoms with Gasteiger partial charge in [0.05, 0.1) is 5.39 Å². The van der Waals surface area contributed by atoms with E-state index in [1.807, 2.05) is 23.9 Å². The maximum atomic E-state index is 5.78. The van der Waals surface area contributed by atoms with Gasteiger partial charge >= 0.3 is 0 Å². The van der Waals surface area contributed by atoms with Gasteiger partial charge in [0.25, 0.3) is 0 Å². The SMILES string of the molecule is Cn1ccc2c(N3CCNCC3)nc(N)nc21. The minimum Gasteiger partial charge on any atom is -0.368 e. The van der Waals surface area contributed by atoms with Crippen molar-refractivity contribution >= 4 is 22.8 Å². The van der Waals surface area contributed by atoms with Gasteiger partial charge in [0.1, 0.15) is 11.5 Å². The quantitative estimate of drug-likeness (QED) is 0.722. The second-order valence-electron chi connectivity index (χ2n) is 4.31. The highest BCUT2D eigenvalue weighted by molar-refractivity contribution is 5.89. The van der Waals surface area contributed by atoms with Crippen molar-refractivity contribution in [2.24, 2.45) is 7.05 Å². The molecule has 0 amide bonds. The lowest BCUT2D eigenvalue weighted by Gasteiger charge is -2.28. The zero-order chi connectivity index (χ0) is 11.8. The fraction of sp³-hybridized carbons (Fsp3) is 0.455. The van der Waals surface area contributed by atoms with E-state index >= 15 is 0 Å². The summed E-state index contributed by atoms with van der Waals surface area (Å²) in [5, 5.41) is 4.40. The minimum atomic E-state index is 0.341. The first-order valence-corrected chi connectivity index (χ1v) is 5.80. The molecule has 0 atom stereocenters. The van der Waals surface area contributed by atoms with Crippen LogP contribution >= 0.6 is 0 Å². The van der Waals surface area contributed by atoms with Gasteiger partial charge < -0.3 is 20.5 Å². The average Bonchev–Trinajstić information content (AvgIpc) is 2.72. The largest absolute Gasteiger partial charge is 0.368 e. The Morgan fingerprint density at radius 1 is 1.29 bits per heavy atom. The van der Waals surface area contributed by atoms with E-state index in [1.165, 1.54) is 0 Å². The van der Waals surface area contributed by atoms with Crippen LogP contribution in [-0.4, -0.2) is 40.7 Å². The first-order chi connectivity index (χ1) is 8.25. The summed E-state index contributed by atoms with van der Waals surface area (Å²) in [6, 6.07) is 2.05. The lowest BCUT2D eigenvalue weighted by Crippen LogP contribution is -2.44. The van der Waals surface area contributed by atoms with Gasteiger partial charge in [0.2, 0.25) is 5.95 Å². The summed E-state index contributed by atoms with van der Waals surface area (Å²) in [7, 11) is 1.97. The molecule has 3 heterocycles. The summed E-state index contributed by atoms with van der Waals surface area (Å²) in [6.07, 6.45) is 1.99. The molecule has 1 saturated heterocycles. The molecular formula is C11H16N6. The van der Waals surface area contributed by atoms with E-state index in [4.69, 9.17) is 5.73 Å². The number of fused-ring (bicyclic) bond motifs is 1. The molecule has 0 unspecified atom stereocenters. The number of aromatic nitrogens is 3. The molecule has 1 aliphatic heterocycles. The molecule has 0 bridgehead atoms. The predicted molar refractivity (Wildman–Crippen MR) is 68.0 cm³/mol. The van der Waals surface area contributed by atoms with Crippen molar-refractivity contribution in [3.63, 3.8) is 0 Å². The van der Waals surface area contributed by atoms with Crippen molar-refractivity contribution < 1.29 is 0 Å². The van der Waals surface area contributed by atoms with Gasteiger partial charge in [-0.3, -0.25) is 0 Å². The number of nitrogen functional groups attached to an aromatic ring is 1. The molecule has 1 fully saturated rings. The number of nitrogens with zero attached hydrogens (tertiary/aromatic N) is 4. The van der Waals surface area contributed by atoms with Crippen LogP contribution in [0.4, 0.5) is 11.8 Å². The third-order valence-electron chi connectivity index (χ3n) is 3.14. The Morgan fingerprint density at radius 3 is 2.82 bits per heavy atom. The number of nitrogens with one attached hydrogen (secondary N) is 1. The second-order valence-corrected chi connectivity index (χ2v) is 4.31. The van der Waals surface area contributed by atoms with Gasteiger partial charge in [-0.1, -0.05) is 0 Å². The van der Waals surface area contributed by atoms with Crippen LogP contribution in [0.5, 0.6) is 0 Å². The molecule has 3 rings (SSSR count). The monoisotopic (exact) mass is 232 g/mol. The third-order valence-corrected chi connectivity index (χ3v) is 3.14. The summed E-state index contributed by atoms with van der Waals surface area (Å²) in [6.45, 7) is 3.89. The van der Waals surface area contributed by atoms with Crippen LogP contribution in [0, 0.1) is 0 Å². The fourth-order valence-corrected chi connectivity index (χ4v) is 2.26. The number of rotatable bonds is 1. The summed E-state index contributed by atoms with van der Waals surface area (Å²) in [5.74, 6) is 1.29. The maximum absolute atomic E-state index is 5.78. The molecule has 6 heteroatoms. The number of piperazine rings is 1. The first kappa shape index (κ1) is 10.3. The van der Waals surface area contributed by atoms with Crippen LogP contribution in [0.3, 0.4) is 0 Å². The molecule has 0 spiro atoms. The smallest absolute Gasteiger partial charge is 0.224 e. The molecule has 0 aromatic carbocycles. The Kier molecular flexibility index (Phi) is 2.36. The first-order valence-electron chi connectivity index (χ1n) is 5.80. The van der Waals surface area contributed by atoms with E-state index in [-0.39, 0.29) is 0 Å². The lowest BCUT2D eigenvalue weighted by atomic mass is 10.3. The normalized spacial score (nSPS) is 16.6. The molecular weight excluding hydrogens is 216 g/mol. The maximum Gasteiger partial charge on any atom is 0.224 e. The van der Waals surface area contributed by atoms with E-state index in [1.54, 1.807) is 0 Å². The molecule has 90 valence electrons. The van der Waals surface area contributed by atoms with Gasteiger partial charge in [0.15, 0.2) is 0 Å². The van der Waals surface area contributed by atoms with Crippen molar-refractivity contribution in [1.82, 2.24) is 19.9 Å². The van der Waals surface area contributed by atoms with Crippen molar-refractivity contribution in [2.45, 2.75) is 0 Å². The number of nitrogens with two attached hydrogens (primary N) is 1. The standard InChI is InChI=1S/C11H16N6/c1-16-5-2-8-9(16)14-11(12)15-10(8)17-6-3-13-4-7-17/h2,5,13H,3-4,6-7H2,1H3,(H2,12,14,15). The Hall–Kier alpha value is -1.82. The average molecular weight is 232 g/mol. The number of aryl methyl sites for hydroxylation is 1. The fourth-order valence-electron chi connectivity index (χ4n) is 2.26. The van der Waals surface area contributed by atoms with E-state index in [0.29, 0.717) is 5.95 Å². The highest BCUT2D eigenvalue weighted by Gasteiger charge is 2.17. The van der Waals surface area contributed by atoms with Crippen LogP contribution in [0.1, 0.15) is 0 Å². The van der Waals surface area contributed by atoms with Gasteiger partial charge in [-0.05, 0) is 6.07 Å². The Balaban J connectivity index is 2.13. The van der Waals surface area contributed by atoms with Crippen molar-refractivity contribution in [1.29, 1.82) is 0 Å². The van der Waals surface area contributed by atoms with Crippen molar-refractivity contribution in [3.8, 4) is 0 Å². The number of anilines is 2. The predicted octanol–water partition coefficient (Wildman–Crippen LogP) is -0.0399. The zero-order valence-corrected chi connectivity index (χ0v) is 9.85. The molecule has 17 heavy (non-hydrogen) atoms. The molecule has 2 aromatic rings. The van der Waals surface area contributed by atoms with Crippen LogP contribution < -0.4 is 16.0 Å². The van der Waals surface area contributed by atoms with Crippen LogP contribution in [0.25, 0.3) is 11.0 Å². The molecule has 2 aromatic heterocycles. The van der Waals surface area contributed by atoms with Gasteiger partial charge in [-0.2, -0.15) is 9.97 Å². The molecule has 3 N–H and O–H groups in total.